The zero-order valence-electron chi connectivity index (χ0n) is 19.5. The van der Waals surface area contributed by atoms with Crippen LogP contribution in [0.4, 0.5) is 4.79 Å². The zero-order valence-corrected chi connectivity index (χ0v) is 20.3. The molecule has 3 aliphatic rings. The molecule has 0 saturated carbocycles. The van der Waals surface area contributed by atoms with Gasteiger partial charge in [0.25, 0.3) is 5.91 Å². The third-order valence-electron chi connectivity index (χ3n) is 6.33. The van der Waals surface area contributed by atoms with Crippen molar-refractivity contribution in [3.8, 4) is 6.07 Å². The van der Waals surface area contributed by atoms with Crippen LogP contribution in [0.3, 0.4) is 0 Å². The first-order valence-electron chi connectivity index (χ1n) is 11.4. The van der Waals surface area contributed by atoms with E-state index in [9.17, 15) is 24.4 Å². The van der Waals surface area contributed by atoms with Crippen molar-refractivity contribution >= 4 is 35.2 Å². The number of rotatable bonds is 5. The summed E-state index contributed by atoms with van der Waals surface area (Å²) in [7, 11) is 0. The van der Waals surface area contributed by atoms with Gasteiger partial charge >= 0.3 is 6.09 Å². The standard InChI is InChI=1S/C23H29N5O5S/c1-23(2,3)33-22(32)25-16(19(29)26-8-4-6-14(26)11-24)13-27-15-10-17(20(27)30)28(12-15)21(31)18-7-5-9-34-18/h5,7,9,14-17H,4,6,8,10,12-13H2,1-3H3,(H,25,32)/t14-,15+,16-,17+/m0/s1. The van der Waals surface area contributed by atoms with Crippen molar-refractivity contribution in [2.45, 2.75) is 69.8 Å². The predicted octanol–water partition coefficient (Wildman–Crippen LogP) is 1.58. The van der Waals surface area contributed by atoms with Crippen molar-refractivity contribution in [2.24, 2.45) is 0 Å². The van der Waals surface area contributed by atoms with Gasteiger partial charge in [0.05, 0.1) is 23.5 Å². The third kappa shape index (κ3) is 4.73. The summed E-state index contributed by atoms with van der Waals surface area (Å²) >= 11 is 1.34. The van der Waals surface area contributed by atoms with Gasteiger partial charge in [0.1, 0.15) is 23.7 Å². The monoisotopic (exact) mass is 487 g/mol. The van der Waals surface area contributed by atoms with Crippen LogP contribution in [0.15, 0.2) is 17.5 Å². The molecule has 10 nitrogen and oxygen atoms in total. The molecule has 0 unspecified atom stereocenters. The Morgan fingerprint density at radius 1 is 1.32 bits per heavy atom. The molecule has 0 aliphatic carbocycles. The summed E-state index contributed by atoms with van der Waals surface area (Å²) in [5.74, 6) is -0.802. The lowest BCUT2D eigenvalue weighted by Gasteiger charge is -2.36. The number of fused-ring (bicyclic) bond motifs is 2. The number of likely N-dealkylation sites (tertiary alicyclic amines) is 3. The van der Waals surface area contributed by atoms with Crippen LogP contribution in [-0.2, 0) is 14.3 Å². The van der Waals surface area contributed by atoms with Gasteiger partial charge in [-0.05, 0) is 51.5 Å². The maximum Gasteiger partial charge on any atom is 0.408 e. The number of thiophene rings is 1. The summed E-state index contributed by atoms with van der Waals surface area (Å²) in [5, 5.41) is 13.9. The highest BCUT2D eigenvalue weighted by atomic mass is 32.1. The first-order chi connectivity index (χ1) is 16.1. The highest BCUT2D eigenvalue weighted by Gasteiger charge is 2.52. The second-order valence-electron chi connectivity index (χ2n) is 9.85. The molecule has 3 fully saturated rings. The van der Waals surface area contributed by atoms with E-state index in [1.807, 2.05) is 5.38 Å². The predicted molar refractivity (Wildman–Crippen MR) is 123 cm³/mol. The molecule has 4 rings (SSSR count). The molecule has 2 bridgehead atoms. The number of hydrogen-bond acceptors (Lipinski definition) is 7. The maximum absolute atomic E-state index is 13.3. The Labute approximate surface area is 202 Å². The number of hydrogen-bond donors (Lipinski definition) is 1. The number of nitrogens with one attached hydrogen (secondary N) is 1. The van der Waals surface area contributed by atoms with E-state index < -0.39 is 35.7 Å². The lowest BCUT2D eigenvalue weighted by Crippen LogP contribution is -2.59. The fourth-order valence-corrected chi connectivity index (χ4v) is 5.53. The highest BCUT2D eigenvalue weighted by molar-refractivity contribution is 7.12. The molecular weight excluding hydrogens is 458 g/mol. The number of amides is 4. The van der Waals surface area contributed by atoms with E-state index in [1.54, 1.807) is 42.7 Å². The van der Waals surface area contributed by atoms with E-state index in [-0.39, 0.29) is 24.4 Å². The number of ether oxygens (including phenoxy) is 1. The Kier molecular flexibility index (Phi) is 6.53. The van der Waals surface area contributed by atoms with E-state index in [4.69, 9.17) is 4.74 Å². The van der Waals surface area contributed by atoms with Crippen LogP contribution in [-0.4, -0.2) is 87.9 Å². The number of alkyl carbamates (subject to hydrolysis) is 1. The van der Waals surface area contributed by atoms with Gasteiger partial charge in [-0.15, -0.1) is 11.3 Å². The molecule has 182 valence electrons. The molecule has 11 heteroatoms. The molecular formula is C23H29N5O5S. The van der Waals surface area contributed by atoms with E-state index in [0.717, 1.165) is 0 Å². The number of carbonyl (C=O) groups excluding carboxylic acids is 4. The Bertz CT molecular complexity index is 1010. The van der Waals surface area contributed by atoms with E-state index >= 15 is 0 Å². The van der Waals surface area contributed by atoms with Crippen LogP contribution in [0.25, 0.3) is 0 Å². The van der Waals surface area contributed by atoms with Gasteiger partial charge in [0.2, 0.25) is 11.8 Å². The van der Waals surface area contributed by atoms with Gasteiger partial charge in [-0.2, -0.15) is 5.26 Å². The molecule has 1 aromatic heterocycles. The average Bonchev–Trinajstić information content (AvgIpc) is 3.55. The van der Waals surface area contributed by atoms with Crippen molar-refractivity contribution in [2.75, 3.05) is 19.6 Å². The molecule has 0 spiro atoms. The highest BCUT2D eigenvalue weighted by Crippen LogP contribution is 2.34. The zero-order chi connectivity index (χ0) is 24.6. The second kappa shape index (κ2) is 9.25. The van der Waals surface area contributed by atoms with Crippen LogP contribution >= 0.6 is 11.3 Å². The minimum Gasteiger partial charge on any atom is -0.444 e. The van der Waals surface area contributed by atoms with Crippen molar-refractivity contribution < 1.29 is 23.9 Å². The first-order valence-corrected chi connectivity index (χ1v) is 12.3. The molecule has 34 heavy (non-hydrogen) atoms. The quantitative estimate of drug-likeness (QED) is 0.673. The molecule has 4 amide bonds. The summed E-state index contributed by atoms with van der Waals surface area (Å²) in [6, 6.07) is 3.27. The molecule has 3 saturated heterocycles. The van der Waals surface area contributed by atoms with Crippen molar-refractivity contribution in [1.29, 1.82) is 5.26 Å². The lowest BCUT2D eigenvalue weighted by molar-refractivity contribution is -0.139. The second-order valence-corrected chi connectivity index (χ2v) is 10.8. The fourth-order valence-electron chi connectivity index (χ4n) is 4.85. The Morgan fingerprint density at radius 2 is 2.09 bits per heavy atom. The largest absolute Gasteiger partial charge is 0.444 e. The number of piperazine rings is 1. The van der Waals surface area contributed by atoms with Gasteiger partial charge in [-0.1, -0.05) is 6.07 Å². The normalized spacial score (nSPS) is 24.8. The molecule has 0 radical (unpaired) electrons. The molecule has 1 N–H and O–H groups in total. The van der Waals surface area contributed by atoms with E-state index in [2.05, 4.69) is 11.4 Å². The van der Waals surface area contributed by atoms with Gasteiger partial charge in [-0.25, -0.2) is 4.79 Å². The molecule has 0 aromatic carbocycles. The molecule has 3 aliphatic heterocycles. The number of nitriles is 1. The van der Waals surface area contributed by atoms with Crippen LogP contribution in [0.1, 0.15) is 49.7 Å². The summed E-state index contributed by atoms with van der Waals surface area (Å²) in [6.45, 7) is 5.93. The summed E-state index contributed by atoms with van der Waals surface area (Å²) in [6.07, 6.45) is 1.02. The van der Waals surface area contributed by atoms with Gasteiger partial charge in [-0.3, -0.25) is 14.4 Å². The van der Waals surface area contributed by atoms with Gasteiger partial charge < -0.3 is 24.8 Å². The fraction of sp³-hybridized carbons (Fsp3) is 0.609. The Balaban J connectivity index is 1.49. The van der Waals surface area contributed by atoms with Crippen molar-refractivity contribution in [3.63, 3.8) is 0 Å². The lowest BCUT2D eigenvalue weighted by atomic mass is 10.1. The van der Waals surface area contributed by atoms with Crippen LogP contribution in [0.2, 0.25) is 0 Å². The number of carbonyl (C=O) groups is 4. The van der Waals surface area contributed by atoms with Crippen LogP contribution in [0, 0.1) is 11.3 Å². The molecule has 1 aromatic rings. The summed E-state index contributed by atoms with van der Waals surface area (Å²) in [5.41, 5.74) is -0.758. The van der Waals surface area contributed by atoms with Crippen molar-refractivity contribution in [3.05, 3.63) is 22.4 Å². The van der Waals surface area contributed by atoms with Crippen LogP contribution < -0.4 is 5.32 Å². The Hall–Kier alpha value is -3.13. The van der Waals surface area contributed by atoms with Gasteiger partial charge in [0.15, 0.2) is 0 Å². The average molecular weight is 488 g/mol. The first kappa shape index (κ1) is 24.0. The molecule has 4 atom stereocenters. The minimum atomic E-state index is -1.05. The van der Waals surface area contributed by atoms with Crippen LogP contribution in [0.5, 0.6) is 0 Å². The maximum atomic E-state index is 13.3. The topological polar surface area (TPSA) is 123 Å². The van der Waals surface area contributed by atoms with E-state index in [0.29, 0.717) is 37.2 Å². The third-order valence-corrected chi connectivity index (χ3v) is 7.19. The summed E-state index contributed by atoms with van der Waals surface area (Å²) in [4.78, 5) is 57.1. The Morgan fingerprint density at radius 3 is 2.71 bits per heavy atom. The summed E-state index contributed by atoms with van der Waals surface area (Å²) < 4.78 is 5.34. The van der Waals surface area contributed by atoms with E-state index in [1.165, 1.54) is 16.2 Å². The molecule has 4 heterocycles. The smallest absolute Gasteiger partial charge is 0.408 e. The minimum absolute atomic E-state index is 0.0340. The van der Waals surface area contributed by atoms with Gasteiger partial charge in [0, 0.05) is 13.1 Å². The number of nitrogens with zero attached hydrogens (tertiary/aromatic N) is 4. The SMILES string of the molecule is CC(C)(C)OC(=O)N[C@@H](CN1C(=O)[C@H]2C[C@@H]1CN2C(=O)c1cccs1)C(=O)N1CCC[C@H]1C#N. The van der Waals surface area contributed by atoms with Crippen molar-refractivity contribution in [1.82, 2.24) is 20.0 Å².